The maximum Gasteiger partial charge on any atom is 0.307 e. The molecule has 1 fully saturated rings. The van der Waals surface area contributed by atoms with Crippen molar-refractivity contribution in [1.82, 2.24) is 4.31 Å². The molecular weight excluding hydrogens is 285 g/mol. The largest absolute Gasteiger partial charge is 0.481 e. The maximum absolute atomic E-state index is 12.8. The number of benzene rings is 1. The van der Waals surface area contributed by atoms with Crippen LogP contribution in [0.5, 0.6) is 0 Å². The Morgan fingerprint density at radius 3 is 2.60 bits per heavy atom. The lowest BCUT2D eigenvalue weighted by Gasteiger charge is -2.29. The Hall–Kier alpha value is -1.47. The standard InChI is InChI=1S/C13H16FNO4S/c14-12-5-3-10(4-6-12)9-20(18,19)15-7-1-2-11(8-15)13(16)17/h3-6,11H,1-2,7-9H2,(H,16,17). The molecule has 0 radical (unpaired) electrons. The summed E-state index contributed by atoms with van der Waals surface area (Å²) in [6.45, 7) is 0.353. The van der Waals surface area contributed by atoms with Crippen molar-refractivity contribution in [3.8, 4) is 0 Å². The minimum Gasteiger partial charge on any atom is -0.481 e. The second-order valence-corrected chi connectivity index (χ2v) is 6.89. The number of hydrogen-bond donors (Lipinski definition) is 1. The van der Waals surface area contributed by atoms with Gasteiger partial charge in [-0.1, -0.05) is 12.1 Å². The Morgan fingerprint density at radius 2 is 2.00 bits per heavy atom. The third-order valence-corrected chi connectivity index (χ3v) is 5.21. The van der Waals surface area contributed by atoms with Gasteiger partial charge in [-0.25, -0.2) is 17.1 Å². The van der Waals surface area contributed by atoms with Crippen molar-refractivity contribution in [3.63, 3.8) is 0 Å². The van der Waals surface area contributed by atoms with E-state index in [9.17, 15) is 17.6 Å². The summed E-state index contributed by atoms with van der Waals surface area (Å²) in [6.07, 6.45) is 1.04. The summed E-state index contributed by atoms with van der Waals surface area (Å²) in [5.74, 6) is -2.27. The van der Waals surface area contributed by atoms with Crippen molar-refractivity contribution in [2.75, 3.05) is 13.1 Å². The van der Waals surface area contributed by atoms with E-state index in [1.165, 1.54) is 28.6 Å². The number of carbonyl (C=O) groups is 1. The molecule has 1 aromatic carbocycles. The fourth-order valence-corrected chi connectivity index (χ4v) is 3.89. The van der Waals surface area contributed by atoms with Gasteiger partial charge in [-0.05, 0) is 30.5 Å². The van der Waals surface area contributed by atoms with E-state index in [1.807, 2.05) is 0 Å². The molecule has 0 spiro atoms. The van der Waals surface area contributed by atoms with Crippen LogP contribution in [0.2, 0.25) is 0 Å². The monoisotopic (exact) mass is 301 g/mol. The molecule has 1 N–H and O–H groups in total. The van der Waals surface area contributed by atoms with Crippen LogP contribution in [0.4, 0.5) is 4.39 Å². The van der Waals surface area contributed by atoms with Crippen molar-refractivity contribution in [3.05, 3.63) is 35.6 Å². The molecule has 0 aromatic heterocycles. The molecule has 1 aliphatic heterocycles. The van der Waals surface area contributed by atoms with Gasteiger partial charge in [-0.2, -0.15) is 0 Å². The highest BCUT2D eigenvalue weighted by Gasteiger charge is 2.32. The topological polar surface area (TPSA) is 74.7 Å². The third-order valence-electron chi connectivity index (χ3n) is 3.39. The van der Waals surface area contributed by atoms with Crippen LogP contribution in [-0.4, -0.2) is 36.9 Å². The van der Waals surface area contributed by atoms with E-state index in [4.69, 9.17) is 5.11 Å². The Kier molecular flexibility index (Phi) is 4.39. The van der Waals surface area contributed by atoms with Gasteiger partial charge in [0.25, 0.3) is 0 Å². The van der Waals surface area contributed by atoms with Crippen LogP contribution < -0.4 is 0 Å². The normalized spacial score (nSPS) is 20.8. The van der Waals surface area contributed by atoms with Crippen LogP contribution in [-0.2, 0) is 20.6 Å². The lowest BCUT2D eigenvalue weighted by molar-refractivity contribution is -0.142. The highest BCUT2D eigenvalue weighted by molar-refractivity contribution is 7.88. The number of hydrogen-bond acceptors (Lipinski definition) is 3. The van der Waals surface area contributed by atoms with E-state index in [0.29, 0.717) is 24.9 Å². The summed E-state index contributed by atoms with van der Waals surface area (Å²) in [5, 5.41) is 8.98. The van der Waals surface area contributed by atoms with Gasteiger partial charge < -0.3 is 5.11 Å². The number of halogens is 1. The minimum absolute atomic E-state index is 0.0128. The first-order chi connectivity index (χ1) is 9.38. The van der Waals surface area contributed by atoms with E-state index in [1.54, 1.807) is 0 Å². The number of nitrogens with zero attached hydrogens (tertiary/aromatic N) is 1. The van der Waals surface area contributed by atoms with Gasteiger partial charge >= 0.3 is 5.97 Å². The molecule has 0 amide bonds. The number of sulfonamides is 1. The molecule has 7 heteroatoms. The maximum atomic E-state index is 12.8. The number of piperidine rings is 1. The first-order valence-electron chi connectivity index (χ1n) is 6.33. The molecule has 0 saturated carbocycles. The molecule has 1 aromatic rings. The SMILES string of the molecule is O=C(O)C1CCCN(S(=O)(=O)Cc2ccc(F)cc2)C1. The van der Waals surface area contributed by atoms with E-state index in [-0.39, 0.29) is 12.3 Å². The van der Waals surface area contributed by atoms with Gasteiger partial charge in [0.05, 0.1) is 11.7 Å². The molecule has 2 rings (SSSR count). The zero-order chi connectivity index (χ0) is 14.8. The van der Waals surface area contributed by atoms with Crippen LogP contribution in [0.15, 0.2) is 24.3 Å². The summed E-state index contributed by atoms with van der Waals surface area (Å²) in [7, 11) is -3.57. The molecule has 20 heavy (non-hydrogen) atoms. The third kappa shape index (κ3) is 3.55. The molecule has 1 unspecified atom stereocenters. The predicted molar refractivity (Wildman–Crippen MR) is 71.0 cm³/mol. The van der Waals surface area contributed by atoms with Gasteiger partial charge in [-0.15, -0.1) is 0 Å². The van der Waals surface area contributed by atoms with Gasteiger partial charge in [0.15, 0.2) is 0 Å². The van der Waals surface area contributed by atoms with Crippen molar-refractivity contribution >= 4 is 16.0 Å². The van der Waals surface area contributed by atoms with E-state index in [0.717, 1.165) is 0 Å². The van der Waals surface area contributed by atoms with Crippen molar-refractivity contribution < 1.29 is 22.7 Å². The van der Waals surface area contributed by atoms with Gasteiger partial charge in [0, 0.05) is 13.1 Å². The molecule has 0 bridgehead atoms. The summed E-state index contributed by atoms with van der Waals surface area (Å²) < 4.78 is 38.5. The Balaban J connectivity index is 2.09. The lowest BCUT2D eigenvalue weighted by atomic mass is 10.0. The van der Waals surface area contributed by atoms with E-state index < -0.39 is 27.7 Å². The summed E-state index contributed by atoms with van der Waals surface area (Å²) in [6, 6.07) is 5.26. The van der Waals surface area contributed by atoms with Gasteiger partial charge in [-0.3, -0.25) is 4.79 Å². The number of aliphatic carboxylic acids is 1. The Bertz CT molecular complexity index is 585. The van der Waals surface area contributed by atoms with Crippen molar-refractivity contribution in [2.24, 2.45) is 5.92 Å². The second-order valence-electron chi connectivity index (χ2n) is 4.92. The summed E-state index contributed by atoms with van der Waals surface area (Å²) in [4.78, 5) is 11.0. The van der Waals surface area contributed by atoms with Crippen LogP contribution in [0.25, 0.3) is 0 Å². The van der Waals surface area contributed by atoms with Crippen LogP contribution in [0.3, 0.4) is 0 Å². The minimum atomic E-state index is -3.57. The first kappa shape index (κ1) is 14.9. The van der Waals surface area contributed by atoms with Crippen molar-refractivity contribution in [2.45, 2.75) is 18.6 Å². The molecule has 1 aliphatic rings. The molecule has 1 saturated heterocycles. The Morgan fingerprint density at radius 1 is 1.35 bits per heavy atom. The lowest BCUT2D eigenvalue weighted by Crippen LogP contribution is -2.42. The molecule has 1 heterocycles. The number of rotatable bonds is 4. The molecule has 0 aliphatic carbocycles. The summed E-state index contributed by atoms with van der Waals surface area (Å²) >= 11 is 0. The summed E-state index contributed by atoms with van der Waals surface area (Å²) in [5.41, 5.74) is 0.490. The van der Waals surface area contributed by atoms with Crippen molar-refractivity contribution in [1.29, 1.82) is 0 Å². The predicted octanol–water partition coefficient (Wildman–Crippen LogP) is 1.45. The average molecular weight is 301 g/mol. The van der Waals surface area contributed by atoms with Crippen LogP contribution >= 0.6 is 0 Å². The fraction of sp³-hybridized carbons (Fsp3) is 0.462. The number of carboxylic acid groups (broad SMARTS) is 1. The van der Waals surface area contributed by atoms with Gasteiger partial charge in [0.1, 0.15) is 5.82 Å². The van der Waals surface area contributed by atoms with Crippen LogP contribution in [0, 0.1) is 11.7 Å². The highest BCUT2D eigenvalue weighted by atomic mass is 32.2. The molecule has 1 atom stereocenters. The van der Waals surface area contributed by atoms with E-state index in [2.05, 4.69) is 0 Å². The average Bonchev–Trinajstić information content (AvgIpc) is 2.41. The fourth-order valence-electron chi connectivity index (χ4n) is 2.28. The molecule has 5 nitrogen and oxygen atoms in total. The van der Waals surface area contributed by atoms with Crippen LogP contribution in [0.1, 0.15) is 18.4 Å². The highest BCUT2D eigenvalue weighted by Crippen LogP contribution is 2.21. The van der Waals surface area contributed by atoms with E-state index >= 15 is 0 Å². The van der Waals surface area contributed by atoms with Gasteiger partial charge in [0.2, 0.25) is 10.0 Å². The zero-order valence-electron chi connectivity index (χ0n) is 10.8. The first-order valence-corrected chi connectivity index (χ1v) is 7.94. The second kappa shape index (κ2) is 5.88. The molecule has 110 valence electrons. The molecular formula is C13H16FNO4S. The Labute approximate surface area is 117 Å². The smallest absolute Gasteiger partial charge is 0.307 e. The number of carboxylic acids is 1. The quantitative estimate of drug-likeness (QED) is 0.913. The zero-order valence-corrected chi connectivity index (χ0v) is 11.6.